The van der Waals surface area contributed by atoms with Gasteiger partial charge in [-0.15, -0.1) is 0 Å². The highest BCUT2D eigenvalue weighted by atomic mass is 19.4. The van der Waals surface area contributed by atoms with Crippen molar-refractivity contribution in [3.05, 3.63) is 41.9 Å². The number of aliphatic hydroxyl groups is 1. The van der Waals surface area contributed by atoms with E-state index in [-0.39, 0.29) is 48.6 Å². The van der Waals surface area contributed by atoms with Gasteiger partial charge in [-0.1, -0.05) is 0 Å². The molecule has 2 fully saturated rings. The Kier molecular flexibility index (Phi) is 7.94. The molecule has 3 heterocycles. The Bertz CT molecular complexity index is 1390. The van der Waals surface area contributed by atoms with Gasteiger partial charge in [0.1, 0.15) is 6.33 Å². The zero-order valence-electron chi connectivity index (χ0n) is 21.8. The number of aromatic nitrogens is 6. The summed E-state index contributed by atoms with van der Waals surface area (Å²) >= 11 is 0. The van der Waals surface area contributed by atoms with Crippen molar-refractivity contribution in [3.63, 3.8) is 0 Å². The number of fused-ring (bicyclic) bond motifs is 1. The number of hydrogen-bond donors (Lipinski definition) is 3. The van der Waals surface area contributed by atoms with Crippen molar-refractivity contribution >= 4 is 17.5 Å². The van der Waals surface area contributed by atoms with Gasteiger partial charge in [0, 0.05) is 31.4 Å². The number of amides is 2. The maximum atomic E-state index is 13.9. The number of halogens is 5. The number of imidazole rings is 1. The van der Waals surface area contributed by atoms with E-state index in [2.05, 4.69) is 30.8 Å². The van der Waals surface area contributed by atoms with Crippen LogP contribution in [-0.4, -0.2) is 58.4 Å². The van der Waals surface area contributed by atoms with Crippen molar-refractivity contribution in [3.8, 4) is 0 Å². The largest absolute Gasteiger partial charge is 0.389 e. The molecule has 0 bridgehead atoms. The molecular formula is C25H29F5N8O3. The van der Waals surface area contributed by atoms with Gasteiger partial charge in [0.25, 0.3) is 5.91 Å². The number of nitrogens with zero attached hydrogens (tertiary/aromatic N) is 6. The third-order valence-electron chi connectivity index (χ3n) is 7.39. The third kappa shape index (κ3) is 7.34. The van der Waals surface area contributed by atoms with Crippen molar-refractivity contribution < 1.29 is 36.6 Å². The highest BCUT2D eigenvalue weighted by Crippen LogP contribution is 2.41. The standard InChI is InChI=1S/C25H29F5N8O3/c26-24(27)6-3-15(4-7-24)20(36-23(41)21-31-13-33-38(21)11-14-1-2-14)17-12-37-18(34-17)9-16(10-32-37)22(40)35-19(39)5-8-25(28,29)30/h9-10,12-15,20,22,40H,1-8,11H2,(H,35,39)(H,36,41)/t20-,22+/m0/s1. The highest BCUT2D eigenvalue weighted by molar-refractivity contribution is 5.90. The molecule has 0 saturated heterocycles. The van der Waals surface area contributed by atoms with Crippen LogP contribution in [0.2, 0.25) is 0 Å². The van der Waals surface area contributed by atoms with Crippen LogP contribution in [0, 0.1) is 11.8 Å². The van der Waals surface area contributed by atoms with Crippen molar-refractivity contribution in [1.82, 2.24) is 40.0 Å². The van der Waals surface area contributed by atoms with Gasteiger partial charge in [0.05, 0.1) is 30.6 Å². The predicted molar refractivity (Wildman–Crippen MR) is 131 cm³/mol. The van der Waals surface area contributed by atoms with Crippen LogP contribution in [0.3, 0.4) is 0 Å². The molecule has 5 rings (SSSR count). The maximum Gasteiger partial charge on any atom is 0.389 e. The Balaban J connectivity index is 1.35. The number of carbonyl (C=O) groups excluding carboxylic acids is 2. The minimum Gasteiger partial charge on any atom is -0.369 e. The van der Waals surface area contributed by atoms with Crippen molar-refractivity contribution in [1.29, 1.82) is 0 Å². The third-order valence-corrected chi connectivity index (χ3v) is 7.39. The van der Waals surface area contributed by atoms with Gasteiger partial charge in [0.15, 0.2) is 11.9 Å². The van der Waals surface area contributed by atoms with Crippen LogP contribution >= 0.6 is 0 Å². The van der Waals surface area contributed by atoms with Crippen LogP contribution < -0.4 is 10.6 Å². The van der Waals surface area contributed by atoms with Gasteiger partial charge in [-0.2, -0.15) is 23.4 Å². The van der Waals surface area contributed by atoms with Crippen molar-refractivity contribution in [2.45, 2.75) is 82.3 Å². The molecule has 3 N–H and O–H groups in total. The first kappa shape index (κ1) is 28.8. The SMILES string of the molecule is O=C(CCC(F)(F)F)N[C@H](O)c1cnn2cc([C@@H](NC(=O)c3ncnn3CC3CC3)C3CCC(F)(F)CC3)nc2c1. The molecule has 0 aliphatic heterocycles. The molecule has 2 aliphatic carbocycles. The van der Waals surface area contributed by atoms with E-state index in [1.54, 1.807) is 0 Å². The van der Waals surface area contributed by atoms with Crippen LogP contribution in [0.15, 0.2) is 24.8 Å². The Labute approximate surface area is 230 Å². The molecule has 41 heavy (non-hydrogen) atoms. The Morgan fingerprint density at radius 2 is 1.85 bits per heavy atom. The number of alkyl halides is 5. The van der Waals surface area contributed by atoms with Crippen LogP contribution in [0.25, 0.3) is 5.65 Å². The maximum absolute atomic E-state index is 13.9. The van der Waals surface area contributed by atoms with E-state index in [0.29, 0.717) is 18.2 Å². The van der Waals surface area contributed by atoms with E-state index in [0.717, 1.165) is 12.8 Å². The van der Waals surface area contributed by atoms with Gasteiger partial charge in [-0.25, -0.2) is 27.9 Å². The summed E-state index contributed by atoms with van der Waals surface area (Å²) < 4.78 is 67.9. The smallest absolute Gasteiger partial charge is 0.369 e. The van der Waals surface area contributed by atoms with Crippen LogP contribution in [0.1, 0.15) is 85.5 Å². The zero-order chi connectivity index (χ0) is 29.4. The molecular weight excluding hydrogens is 555 g/mol. The van der Waals surface area contributed by atoms with E-state index < -0.39 is 49.0 Å². The molecule has 0 spiro atoms. The molecule has 0 radical (unpaired) electrons. The molecule has 0 unspecified atom stereocenters. The predicted octanol–water partition coefficient (Wildman–Crippen LogP) is 3.48. The van der Waals surface area contributed by atoms with Crippen molar-refractivity contribution in [2.24, 2.45) is 11.8 Å². The molecule has 11 nitrogen and oxygen atoms in total. The van der Waals surface area contributed by atoms with E-state index in [1.807, 2.05) is 0 Å². The lowest BCUT2D eigenvalue weighted by atomic mass is 9.81. The van der Waals surface area contributed by atoms with Gasteiger partial charge in [0.2, 0.25) is 17.7 Å². The Hall–Kier alpha value is -3.69. The summed E-state index contributed by atoms with van der Waals surface area (Å²) in [7, 11) is 0. The number of nitrogens with one attached hydrogen (secondary N) is 2. The second kappa shape index (κ2) is 11.3. The molecule has 2 saturated carbocycles. The summed E-state index contributed by atoms with van der Waals surface area (Å²) in [6.07, 6.45) is -2.60. The summed E-state index contributed by atoms with van der Waals surface area (Å²) in [5, 5.41) is 23.6. The van der Waals surface area contributed by atoms with E-state index in [4.69, 9.17) is 0 Å². The molecule has 3 aromatic rings. The molecule has 3 aromatic heterocycles. The lowest BCUT2D eigenvalue weighted by molar-refractivity contribution is -0.145. The van der Waals surface area contributed by atoms with Crippen LogP contribution in [0.5, 0.6) is 0 Å². The molecule has 2 atom stereocenters. The van der Waals surface area contributed by atoms with Crippen LogP contribution in [-0.2, 0) is 11.3 Å². The molecule has 2 amide bonds. The summed E-state index contributed by atoms with van der Waals surface area (Å²) in [6, 6.07) is 0.618. The average Bonchev–Trinajstić information content (AvgIpc) is 3.42. The molecule has 16 heteroatoms. The fraction of sp³-hybridized carbons (Fsp3) is 0.600. The summed E-state index contributed by atoms with van der Waals surface area (Å²) in [5.74, 6) is -4.12. The van der Waals surface area contributed by atoms with Gasteiger partial charge in [-0.05, 0) is 43.6 Å². The van der Waals surface area contributed by atoms with Gasteiger partial charge in [-0.3, -0.25) is 9.59 Å². The molecule has 222 valence electrons. The molecule has 0 aromatic carbocycles. The monoisotopic (exact) mass is 584 g/mol. The minimum absolute atomic E-state index is 0.0704. The fourth-order valence-corrected chi connectivity index (χ4v) is 4.93. The Morgan fingerprint density at radius 3 is 2.54 bits per heavy atom. The minimum atomic E-state index is -4.51. The highest BCUT2D eigenvalue weighted by Gasteiger charge is 2.40. The average molecular weight is 585 g/mol. The molecule has 2 aliphatic rings. The number of carbonyl (C=O) groups is 2. The summed E-state index contributed by atoms with van der Waals surface area (Å²) in [4.78, 5) is 33.7. The van der Waals surface area contributed by atoms with Gasteiger partial charge >= 0.3 is 6.18 Å². The number of aliphatic hydroxyl groups excluding tert-OH is 1. The normalized spacial score (nSPS) is 19.2. The van der Waals surface area contributed by atoms with Crippen molar-refractivity contribution in [2.75, 3.05) is 0 Å². The Morgan fingerprint density at radius 1 is 1.12 bits per heavy atom. The lowest BCUT2D eigenvalue weighted by Crippen LogP contribution is -2.38. The second-order valence-corrected chi connectivity index (χ2v) is 10.7. The van der Waals surface area contributed by atoms with E-state index in [1.165, 1.54) is 34.0 Å². The van der Waals surface area contributed by atoms with Gasteiger partial charge < -0.3 is 15.7 Å². The summed E-state index contributed by atoms with van der Waals surface area (Å²) in [5.41, 5.74) is 0.620. The lowest BCUT2D eigenvalue weighted by Gasteiger charge is -2.33. The van der Waals surface area contributed by atoms with E-state index in [9.17, 15) is 36.6 Å². The quantitative estimate of drug-likeness (QED) is 0.245. The topological polar surface area (TPSA) is 139 Å². The fourth-order valence-electron chi connectivity index (χ4n) is 4.93. The first-order valence-corrected chi connectivity index (χ1v) is 13.3. The number of rotatable bonds is 10. The van der Waals surface area contributed by atoms with Crippen LogP contribution in [0.4, 0.5) is 22.0 Å². The second-order valence-electron chi connectivity index (χ2n) is 10.7. The number of hydrogen-bond acceptors (Lipinski definition) is 7. The first-order chi connectivity index (χ1) is 19.4. The zero-order valence-corrected chi connectivity index (χ0v) is 21.8. The first-order valence-electron chi connectivity index (χ1n) is 13.3. The summed E-state index contributed by atoms with van der Waals surface area (Å²) in [6.45, 7) is 0.555. The van der Waals surface area contributed by atoms with E-state index >= 15 is 0 Å².